The summed E-state index contributed by atoms with van der Waals surface area (Å²) in [5, 5.41) is 3.81. The summed E-state index contributed by atoms with van der Waals surface area (Å²) < 4.78 is 23.5. The van der Waals surface area contributed by atoms with Gasteiger partial charge in [-0.05, 0) is 26.0 Å². The van der Waals surface area contributed by atoms with Gasteiger partial charge in [0.25, 0.3) is 0 Å². The van der Waals surface area contributed by atoms with Gasteiger partial charge in [0.05, 0.1) is 16.9 Å². The molecular formula is C12H13FN2O2. The summed E-state index contributed by atoms with van der Waals surface area (Å²) in [5.41, 5.74) is 7.69. The highest BCUT2D eigenvalue weighted by Crippen LogP contribution is 2.24. The van der Waals surface area contributed by atoms with Crippen LogP contribution in [0.3, 0.4) is 0 Å². The number of benzene rings is 1. The summed E-state index contributed by atoms with van der Waals surface area (Å²) in [4.78, 5) is 0. The van der Waals surface area contributed by atoms with Crippen LogP contribution in [0, 0.1) is 19.7 Å². The number of ether oxygens (including phenoxy) is 1. The van der Waals surface area contributed by atoms with Gasteiger partial charge in [-0.3, -0.25) is 0 Å². The minimum atomic E-state index is -0.382. The van der Waals surface area contributed by atoms with E-state index in [1.165, 1.54) is 18.2 Å². The molecule has 5 heteroatoms. The van der Waals surface area contributed by atoms with Gasteiger partial charge < -0.3 is 15.0 Å². The van der Waals surface area contributed by atoms with Gasteiger partial charge >= 0.3 is 0 Å². The van der Waals surface area contributed by atoms with E-state index in [1.54, 1.807) is 6.92 Å². The monoisotopic (exact) mass is 236 g/mol. The molecule has 2 N–H and O–H groups in total. The van der Waals surface area contributed by atoms with E-state index in [9.17, 15) is 4.39 Å². The number of nitrogens with zero attached hydrogens (tertiary/aromatic N) is 1. The second-order valence-corrected chi connectivity index (χ2v) is 3.77. The van der Waals surface area contributed by atoms with Crippen molar-refractivity contribution in [1.82, 2.24) is 5.16 Å². The molecule has 0 bridgehead atoms. The van der Waals surface area contributed by atoms with Crippen LogP contribution in [0.4, 0.5) is 10.1 Å². The number of rotatable bonds is 3. The Morgan fingerprint density at radius 2 is 2.18 bits per heavy atom. The molecule has 0 fully saturated rings. The third kappa shape index (κ3) is 2.38. The van der Waals surface area contributed by atoms with Gasteiger partial charge in [-0.15, -0.1) is 0 Å². The van der Waals surface area contributed by atoms with Gasteiger partial charge in [0.15, 0.2) is 0 Å². The molecule has 0 saturated carbocycles. The highest BCUT2D eigenvalue weighted by Gasteiger charge is 2.10. The number of nitrogen functional groups attached to an aromatic ring is 1. The fourth-order valence-electron chi connectivity index (χ4n) is 1.49. The highest BCUT2D eigenvalue weighted by atomic mass is 19.1. The molecule has 0 aliphatic rings. The van der Waals surface area contributed by atoms with Crippen molar-refractivity contribution in [2.75, 3.05) is 5.73 Å². The smallest absolute Gasteiger partial charge is 0.145 e. The van der Waals surface area contributed by atoms with Crippen LogP contribution in [0.15, 0.2) is 22.7 Å². The van der Waals surface area contributed by atoms with Crippen molar-refractivity contribution < 1.29 is 13.7 Å². The van der Waals surface area contributed by atoms with Crippen molar-refractivity contribution in [2.24, 2.45) is 0 Å². The molecule has 1 heterocycles. The number of hydrogen-bond donors (Lipinski definition) is 1. The molecule has 0 atom stereocenters. The minimum Gasteiger partial charge on any atom is -0.486 e. The second-order valence-electron chi connectivity index (χ2n) is 3.77. The number of aromatic nitrogens is 1. The molecule has 17 heavy (non-hydrogen) atoms. The molecule has 90 valence electrons. The van der Waals surface area contributed by atoms with E-state index in [0.29, 0.717) is 17.2 Å². The van der Waals surface area contributed by atoms with Crippen molar-refractivity contribution in [3.8, 4) is 5.75 Å². The number of aryl methyl sites for hydroxylation is 2. The maximum Gasteiger partial charge on any atom is 0.145 e. The molecule has 0 saturated heterocycles. The second kappa shape index (κ2) is 4.45. The minimum absolute atomic E-state index is 0.259. The molecular weight excluding hydrogens is 223 g/mol. The zero-order valence-electron chi connectivity index (χ0n) is 9.66. The number of halogens is 1. The molecule has 1 aromatic heterocycles. The third-order valence-corrected chi connectivity index (χ3v) is 2.53. The zero-order chi connectivity index (χ0) is 12.4. The van der Waals surface area contributed by atoms with Gasteiger partial charge in [0.2, 0.25) is 0 Å². The van der Waals surface area contributed by atoms with Gasteiger partial charge in [-0.2, -0.15) is 0 Å². The molecule has 0 aliphatic heterocycles. The topological polar surface area (TPSA) is 61.3 Å². The first-order valence-electron chi connectivity index (χ1n) is 5.17. The first kappa shape index (κ1) is 11.4. The Labute approximate surface area is 98.2 Å². The van der Waals surface area contributed by atoms with E-state index in [2.05, 4.69) is 5.16 Å². The van der Waals surface area contributed by atoms with E-state index in [1.807, 2.05) is 6.92 Å². The van der Waals surface area contributed by atoms with E-state index in [0.717, 1.165) is 11.3 Å². The van der Waals surface area contributed by atoms with Crippen LogP contribution in [-0.4, -0.2) is 5.16 Å². The Morgan fingerprint density at radius 1 is 1.41 bits per heavy atom. The zero-order valence-corrected chi connectivity index (χ0v) is 9.66. The molecule has 4 nitrogen and oxygen atoms in total. The number of hydrogen-bond acceptors (Lipinski definition) is 4. The van der Waals surface area contributed by atoms with Crippen LogP contribution in [0.2, 0.25) is 0 Å². The van der Waals surface area contributed by atoms with Crippen molar-refractivity contribution >= 4 is 5.69 Å². The molecule has 0 unspecified atom stereocenters. The Kier molecular flexibility index (Phi) is 2.99. The first-order valence-corrected chi connectivity index (χ1v) is 5.17. The van der Waals surface area contributed by atoms with Gasteiger partial charge in [-0.1, -0.05) is 5.16 Å². The van der Waals surface area contributed by atoms with Crippen LogP contribution in [0.1, 0.15) is 17.0 Å². The molecule has 0 spiro atoms. The summed E-state index contributed by atoms with van der Waals surface area (Å²) in [6, 6.07) is 4.02. The number of nitrogens with two attached hydrogens (primary N) is 1. The van der Waals surface area contributed by atoms with E-state index in [-0.39, 0.29) is 12.4 Å². The first-order chi connectivity index (χ1) is 8.08. The van der Waals surface area contributed by atoms with Crippen molar-refractivity contribution in [3.63, 3.8) is 0 Å². The Hall–Kier alpha value is -2.04. The van der Waals surface area contributed by atoms with Crippen LogP contribution < -0.4 is 10.5 Å². The quantitative estimate of drug-likeness (QED) is 0.832. The van der Waals surface area contributed by atoms with Crippen molar-refractivity contribution in [3.05, 3.63) is 41.0 Å². The van der Waals surface area contributed by atoms with Crippen LogP contribution in [-0.2, 0) is 6.61 Å². The summed E-state index contributed by atoms with van der Waals surface area (Å²) >= 11 is 0. The number of anilines is 1. The van der Waals surface area contributed by atoms with E-state index in [4.69, 9.17) is 15.0 Å². The predicted molar refractivity (Wildman–Crippen MR) is 61.1 cm³/mol. The van der Waals surface area contributed by atoms with Crippen LogP contribution >= 0.6 is 0 Å². The maximum absolute atomic E-state index is 13.0. The molecule has 1 aromatic carbocycles. The van der Waals surface area contributed by atoms with Gasteiger partial charge in [-0.25, -0.2) is 4.39 Å². The lowest BCUT2D eigenvalue weighted by atomic mass is 10.2. The van der Waals surface area contributed by atoms with E-state index >= 15 is 0 Å². The average molecular weight is 236 g/mol. The summed E-state index contributed by atoms with van der Waals surface area (Å²) in [6.07, 6.45) is 0. The third-order valence-electron chi connectivity index (χ3n) is 2.53. The fraction of sp³-hybridized carbons (Fsp3) is 0.250. The van der Waals surface area contributed by atoms with Crippen molar-refractivity contribution in [2.45, 2.75) is 20.5 Å². The SMILES string of the molecule is Cc1noc(C)c1COc1cc(F)ccc1N. The Morgan fingerprint density at radius 3 is 2.82 bits per heavy atom. The lowest BCUT2D eigenvalue weighted by Crippen LogP contribution is -2.00. The largest absolute Gasteiger partial charge is 0.486 e. The summed E-state index contributed by atoms with van der Waals surface area (Å²) in [7, 11) is 0. The Balaban J connectivity index is 2.15. The standard InChI is InChI=1S/C12H13FN2O2/c1-7-10(8(2)17-15-7)6-16-12-5-9(13)3-4-11(12)14/h3-5H,6,14H2,1-2H3. The predicted octanol–water partition coefficient (Wildman–Crippen LogP) is 2.59. The van der Waals surface area contributed by atoms with Gasteiger partial charge in [0, 0.05) is 6.07 Å². The Bertz CT molecular complexity index is 518. The van der Waals surface area contributed by atoms with Crippen molar-refractivity contribution in [1.29, 1.82) is 0 Å². The summed E-state index contributed by atoms with van der Waals surface area (Å²) in [5.74, 6) is 0.635. The molecule has 2 aromatic rings. The van der Waals surface area contributed by atoms with E-state index < -0.39 is 0 Å². The molecule has 0 radical (unpaired) electrons. The molecule has 0 amide bonds. The normalized spacial score (nSPS) is 10.5. The van der Waals surface area contributed by atoms with Crippen LogP contribution in [0.25, 0.3) is 0 Å². The van der Waals surface area contributed by atoms with Crippen LogP contribution in [0.5, 0.6) is 5.75 Å². The lowest BCUT2D eigenvalue weighted by molar-refractivity contribution is 0.302. The maximum atomic E-state index is 13.0. The lowest BCUT2D eigenvalue weighted by Gasteiger charge is -2.08. The molecule has 0 aliphatic carbocycles. The molecule has 2 rings (SSSR count). The fourth-order valence-corrected chi connectivity index (χ4v) is 1.49. The summed E-state index contributed by atoms with van der Waals surface area (Å²) in [6.45, 7) is 3.88. The average Bonchev–Trinajstić information content (AvgIpc) is 2.61. The van der Waals surface area contributed by atoms with Gasteiger partial charge in [0.1, 0.15) is 23.9 Å². The highest BCUT2D eigenvalue weighted by molar-refractivity contribution is 5.52.